The van der Waals surface area contributed by atoms with E-state index >= 15 is 0 Å². The number of rotatable bonds is 4. The van der Waals surface area contributed by atoms with Crippen LogP contribution in [0.4, 0.5) is 0 Å². The maximum atomic E-state index is 11.8. The van der Waals surface area contributed by atoms with E-state index in [1.54, 1.807) is 4.90 Å². The second-order valence-electron chi connectivity index (χ2n) is 8.23. The summed E-state index contributed by atoms with van der Waals surface area (Å²) in [5, 5.41) is 3.81. The first-order chi connectivity index (χ1) is 10.1. The van der Waals surface area contributed by atoms with Crippen molar-refractivity contribution in [2.75, 3.05) is 33.7 Å². The molecule has 1 atom stereocenters. The van der Waals surface area contributed by atoms with E-state index in [1.165, 1.54) is 0 Å². The summed E-state index contributed by atoms with van der Waals surface area (Å²) >= 11 is 0. The molecular formula is C17H33N3O2. The van der Waals surface area contributed by atoms with E-state index in [2.05, 4.69) is 37.9 Å². The van der Waals surface area contributed by atoms with Crippen molar-refractivity contribution in [3.8, 4) is 0 Å². The van der Waals surface area contributed by atoms with Gasteiger partial charge in [0.25, 0.3) is 0 Å². The van der Waals surface area contributed by atoms with E-state index in [-0.39, 0.29) is 17.1 Å². The van der Waals surface area contributed by atoms with Crippen LogP contribution < -0.4 is 5.32 Å². The van der Waals surface area contributed by atoms with Crippen LogP contribution in [0.15, 0.2) is 0 Å². The van der Waals surface area contributed by atoms with Crippen LogP contribution in [0.5, 0.6) is 0 Å². The molecule has 1 unspecified atom stereocenters. The Labute approximate surface area is 135 Å². The monoisotopic (exact) mass is 311 g/mol. The zero-order valence-corrected chi connectivity index (χ0v) is 15.1. The normalized spacial score (nSPS) is 28.7. The highest BCUT2D eigenvalue weighted by atomic mass is 16.5. The van der Waals surface area contributed by atoms with Crippen molar-refractivity contribution >= 4 is 5.91 Å². The average molecular weight is 311 g/mol. The van der Waals surface area contributed by atoms with Crippen molar-refractivity contribution in [3.63, 3.8) is 0 Å². The minimum Gasteiger partial charge on any atom is -0.368 e. The maximum absolute atomic E-state index is 11.8. The van der Waals surface area contributed by atoms with Gasteiger partial charge >= 0.3 is 0 Å². The largest absolute Gasteiger partial charge is 0.368 e. The van der Waals surface area contributed by atoms with Crippen LogP contribution in [-0.4, -0.2) is 72.7 Å². The van der Waals surface area contributed by atoms with Gasteiger partial charge in [0.05, 0.1) is 17.7 Å². The Kier molecular flexibility index (Phi) is 5.20. The van der Waals surface area contributed by atoms with Crippen LogP contribution in [0.2, 0.25) is 0 Å². The number of hydrogen-bond donors (Lipinski definition) is 1. The molecule has 0 saturated carbocycles. The summed E-state index contributed by atoms with van der Waals surface area (Å²) in [6.07, 6.45) is 3.26. The molecule has 0 aliphatic carbocycles. The summed E-state index contributed by atoms with van der Waals surface area (Å²) < 4.78 is 6.17. The molecule has 2 saturated heterocycles. The van der Waals surface area contributed by atoms with Crippen LogP contribution in [0.25, 0.3) is 0 Å². The lowest BCUT2D eigenvalue weighted by Gasteiger charge is -2.36. The zero-order valence-electron chi connectivity index (χ0n) is 15.1. The molecule has 128 valence electrons. The van der Waals surface area contributed by atoms with Crippen molar-refractivity contribution in [1.82, 2.24) is 15.1 Å². The fourth-order valence-electron chi connectivity index (χ4n) is 3.70. The Morgan fingerprint density at radius 3 is 2.27 bits per heavy atom. The standard InChI is InChI=1S/C17H33N3O2/c1-16(2)11-14(17(3,4)22-16)18-13-7-9-20(10-8-13)12-15(21)19(5)6/h13-14,18H,7-12H2,1-6H3. The van der Waals surface area contributed by atoms with Crippen LogP contribution in [0.1, 0.15) is 47.0 Å². The molecule has 1 amide bonds. The molecular weight excluding hydrogens is 278 g/mol. The molecule has 0 aromatic carbocycles. The maximum Gasteiger partial charge on any atom is 0.236 e. The summed E-state index contributed by atoms with van der Waals surface area (Å²) in [4.78, 5) is 15.7. The molecule has 0 aromatic rings. The minimum absolute atomic E-state index is 0.0417. The number of piperidine rings is 1. The van der Waals surface area contributed by atoms with E-state index in [0.29, 0.717) is 18.6 Å². The molecule has 2 fully saturated rings. The van der Waals surface area contributed by atoms with E-state index in [4.69, 9.17) is 4.74 Å². The molecule has 1 N–H and O–H groups in total. The molecule has 5 nitrogen and oxygen atoms in total. The number of nitrogens with zero attached hydrogens (tertiary/aromatic N) is 2. The molecule has 0 bridgehead atoms. The number of ether oxygens (including phenoxy) is 1. The van der Waals surface area contributed by atoms with Gasteiger partial charge in [-0.2, -0.15) is 0 Å². The number of carbonyl (C=O) groups is 1. The topological polar surface area (TPSA) is 44.8 Å². The molecule has 22 heavy (non-hydrogen) atoms. The Morgan fingerprint density at radius 2 is 1.82 bits per heavy atom. The Morgan fingerprint density at radius 1 is 1.23 bits per heavy atom. The summed E-state index contributed by atoms with van der Waals surface area (Å²) in [7, 11) is 3.64. The molecule has 0 spiro atoms. The quantitative estimate of drug-likeness (QED) is 0.854. The van der Waals surface area contributed by atoms with Crippen LogP contribution in [0.3, 0.4) is 0 Å². The third-order valence-corrected chi connectivity index (χ3v) is 4.96. The first kappa shape index (κ1) is 17.7. The molecule has 2 heterocycles. The predicted octanol–water partition coefficient (Wildman–Crippen LogP) is 1.47. The summed E-state index contributed by atoms with van der Waals surface area (Å²) in [6, 6.07) is 0.940. The lowest BCUT2D eigenvalue weighted by atomic mass is 9.92. The van der Waals surface area contributed by atoms with Gasteiger partial charge in [-0.1, -0.05) is 0 Å². The summed E-state index contributed by atoms with van der Waals surface area (Å²) in [6.45, 7) is 11.3. The zero-order chi connectivity index (χ0) is 16.5. The number of nitrogens with one attached hydrogen (secondary N) is 1. The van der Waals surface area contributed by atoms with Gasteiger partial charge in [0.15, 0.2) is 0 Å². The minimum atomic E-state index is -0.110. The number of carbonyl (C=O) groups excluding carboxylic acids is 1. The Bertz CT molecular complexity index is 399. The highest BCUT2D eigenvalue weighted by molar-refractivity contribution is 5.77. The predicted molar refractivity (Wildman–Crippen MR) is 88.9 cm³/mol. The van der Waals surface area contributed by atoms with E-state index in [0.717, 1.165) is 32.4 Å². The SMILES string of the molecule is CN(C)C(=O)CN1CCC(NC2CC(C)(C)OC2(C)C)CC1. The van der Waals surface area contributed by atoms with E-state index < -0.39 is 0 Å². The van der Waals surface area contributed by atoms with Crippen molar-refractivity contribution < 1.29 is 9.53 Å². The fraction of sp³-hybridized carbons (Fsp3) is 0.941. The van der Waals surface area contributed by atoms with Gasteiger partial charge in [0.1, 0.15) is 0 Å². The number of likely N-dealkylation sites (N-methyl/N-ethyl adjacent to an activating group) is 1. The Hall–Kier alpha value is -0.650. The van der Waals surface area contributed by atoms with Crippen LogP contribution >= 0.6 is 0 Å². The van der Waals surface area contributed by atoms with Crippen molar-refractivity contribution in [3.05, 3.63) is 0 Å². The first-order valence-electron chi connectivity index (χ1n) is 8.48. The van der Waals surface area contributed by atoms with Gasteiger partial charge < -0.3 is 15.0 Å². The van der Waals surface area contributed by atoms with Gasteiger partial charge in [-0.15, -0.1) is 0 Å². The molecule has 2 aliphatic rings. The molecule has 0 aromatic heterocycles. The molecule has 2 aliphatic heterocycles. The summed E-state index contributed by atoms with van der Waals surface area (Å²) in [5.74, 6) is 0.193. The van der Waals surface area contributed by atoms with Gasteiger partial charge in [0, 0.05) is 39.3 Å². The molecule has 2 rings (SSSR count). The highest BCUT2D eigenvalue weighted by Crippen LogP contribution is 2.37. The van der Waals surface area contributed by atoms with Crippen LogP contribution in [-0.2, 0) is 9.53 Å². The van der Waals surface area contributed by atoms with Gasteiger partial charge in [-0.3, -0.25) is 9.69 Å². The second kappa shape index (κ2) is 6.46. The van der Waals surface area contributed by atoms with Crippen molar-refractivity contribution in [2.45, 2.75) is 70.2 Å². The highest BCUT2D eigenvalue weighted by Gasteiger charge is 2.46. The van der Waals surface area contributed by atoms with Gasteiger partial charge in [-0.25, -0.2) is 0 Å². The smallest absolute Gasteiger partial charge is 0.236 e. The second-order valence-corrected chi connectivity index (χ2v) is 8.23. The summed E-state index contributed by atoms with van der Waals surface area (Å²) in [5.41, 5.74) is -0.151. The third kappa shape index (κ3) is 4.43. The number of likely N-dealkylation sites (tertiary alicyclic amines) is 1. The number of amides is 1. The first-order valence-corrected chi connectivity index (χ1v) is 8.48. The number of hydrogen-bond acceptors (Lipinski definition) is 4. The lowest BCUT2D eigenvalue weighted by molar-refractivity contribution is -0.130. The molecule has 5 heteroatoms. The fourth-order valence-corrected chi connectivity index (χ4v) is 3.70. The van der Waals surface area contributed by atoms with Gasteiger partial charge in [0.2, 0.25) is 5.91 Å². The third-order valence-electron chi connectivity index (χ3n) is 4.96. The average Bonchev–Trinajstić information content (AvgIpc) is 2.59. The van der Waals surface area contributed by atoms with Crippen molar-refractivity contribution in [1.29, 1.82) is 0 Å². The van der Waals surface area contributed by atoms with Gasteiger partial charge in [-0.05, 0) is 47.0 Å². The van der Waals surface area contributed by atoms with Crippen molar-refractivity contribution in [2.24, 2.45) is 0 Å². The van der Waals surface area contributed by atoms with E-state index in [1.807, 2.05) is 14.1 Å². The van der Waals surface area contributed by atoms with E-state index in [9.17, 15) is 4.79 Å². The molecule has 0 radical (unpaired) electrons. The lowest BCUT2D eigenvalue weighted by Crippen LogP contribution is -2.52. The van der Waals surface area contributed by atoms with Crippen LogP contribution in [0, 0.1) is 0 Å². The Balaban J connectivity index is 1.79.